The quantitative estimate of drug-likeness (QED) is 0.675. The van der Waals surface area contributed by atoms with Crippen molar-refractivity contribution in [3.05, 3.63) is 53.1 Å². The van der Waals surface area contributed by atoms with Gasteiger partial charge in [0, 0.05) is 6.04 Å². The molecule has 30 heavy (non-hydrogen) atoms. The van der Waals surface area contributed by atoms with Crippen molar-refractivity contribution >= 4 is 29.3 Å². The van der Waals surface area contributed by atoms with E-state index in [0.29, 0.717) is 48.3 Å². The van der Waals surface area contributed by atoms with E-state index in [-0.39, 0.29) is 5.46 Å². The molecule has 0 saturated carbocycles. The number of aliphatic carboxylic acids is 1. The molecule has 6 nitrogen and oxygen atoms in total. The van der Waals surface area contributed by atoms with Gasteiger partial charge in [0.25, 0.3) is 0 Å². The average Bonchev–Trinajstić information content (AvgIpc) is 2.65. The predicted octanol–water partition coefficient (Wildman–Crippen LogP) is 2.32. The summed E-state index contributed by atoms with van der Waals surface area (Å²) in [5.74, 6) is -0.815. The van der Waals surface area contributed by atoms with Crippen molar-refractivity contribution in [3.8, 4) is 5.75 Å². The summed E-state index contributed by atoms with van der Waals surface area (Å²) in [5.41, 5.74) is -0.219. The SMILES string of the molecule is [B]c1cc(C(F)(F)F)cc(S(=O)(=O)N[C@@H]2CCCc3c(OCC(=O)O)cccc32)c1. The lowest BCUT2D eigenvalue weighted by molar-refractivity contribution is -0.139. The third kappa shape index (κ3) is 4.96. The lowest BCUT2D eigenvalue weighted by Gasteiger charge is -2.28. The first-order valence-corrected chi connectivity index (χ1v) is 10.4. The zero-order valence-corrected chi connectivity index (χ0v) is 16.4. The van der Waals surface area contributed by atoms with Gasteiger partial charge in [-0.15, -0.1) is 0 Å². The Bertz CT molecular complexity index is 1070. The minimum Gasteiger partial charge on any atom is -0.482 e. The lowest BCUT2D eigenvalue weighted by atomic mass is 9.87. The van der Waals surface area contributed by atoms with Crippen LogP contribution in [0, 0.1) is 0 Å². The molecule has 1 aliphatic rings. The fraction of sp³-hybridized carbons (Fsp3) is 0.316. The third-order valence-corrected chi connectivity index (χ3v) is 6.13. The molecule has 2 radical (unpaired) electrons. The van der Waals surface area contributed by atoms with Crippen molar-refractivity contribution < 1.29 is 36.2 Å². The lowest BCUT2D eigenvalue weighted by Crippen LogP contribution is -2.32. The van der Waals surface area contributed by atoms with Gasteiger partial charge in [-0.05, 0) is 48.6 Å². The first-order chi connectivity index (χ1) is 14.0. The molecule has 0 bridgehead atoms. The summed E-state index contributed by atoms with van der Waals surface area (Å²) in [4.78, 5) is 10.2. The smallest absolute Gasteiger partial charge is 0.416 e. The van der Waals surface area contributed by atoms with Crippen molar-refractivity contribution in [2.45, 2.75) is 36.4 Å². The molecule has 0 amide bonds. The van der Waals surface area contributed by atoms with Gasteiger partial charge in [-0.2, -0.15) is 13.2 Å². The molecule has 2 aromatic rings. The Morgan fingerprint density at radius 1 is 1.27 bits per heavy atom. The Balaban J connectivity index is 1.92. The maximum atomic E-state index is 13.0. The van der Waals surface area contributed by atoms with Gasteiger partial charge in [-0.25, -0.2) is 17.9 Å². The summed E-state index contributed by atoms with van der Waals surface area (Å²) in [7, 11) is 1.17. The zero-order valence-electron chi connectivity index (χ0n) is 15.6. The largest absolute Gasteiger partial charge is 0.482 e. The number of fused-ring (bicyclic) bond motifs is 1. The van der Waals surface area contributed by atoms with E-state index in [9.17, 15) is 26.4 Å². The molecular weight excluding hydrogens is 422 g/mol. The van der Waals surface area contributed by atoms with Crippen molar-refractivity contribution in [3.63, 3.8) is 0 Å². The molecule has 0 unspecified atom stereocenters. The van der Waals surface area contributed by atoms with Gasteiger partial charge in [-0.1, -0.05) is 23.7 Å². The van der Waals surface area contributed by atoms with Crippen molar-refractivity contribution in [2.75, 3.05) is 6.61 Å². The summed E-state index contributed by atoms with van der Waals surface area (Å²) in [6, 6.07) is 6.33. The van der Waals surface area contributed by atoms with Gasteiger partial charge in [0.1, 0.15) is 13.6 Å². The van der Waals surface area contributed by atoms with E-state index in [0.717, 1.165) is 6.07 Å². The van der Waals surface area contributed by atoms with E-state index in [1.807, 2.05) is 0 Å². The summed E-state index contributed by atoms with van der Waals surface area (Å²) in [6.07, 6.45) is -3.19. The average molecular weight is 439 g/mol. The molecule has 0 spiro atoms. The number of nitrogens with one attached hydrogen (secondary N) is 1. The van der Waals surface area contributed by atoms with Crippen LogP contribution >= 0.6 is 0 Å². The molecule has 2 N–H and O–H groups in total. The van der Waals surface area contributed by atoms with Gasteiger partial charge in [0.05, 0.1) is 10.5 Å². The highest BCUT2D eigenvalue weighted by Crippen LogP contribution is 2.36. The van der Waals surface area contributed by atoms with Crippen LogP contribution in [-0.4, -0.2) is 33.9 Å². The van der Waals surface area contributed by atoms with E-state index < -0.39 is 45.3 Å². The molecule has 0 heterocycles. The van der Waals surface area contributed by atoms with Crippen molar-refractivity contribution in [2.24, 2.45) is 0 Å². The second kappa shape index (κ2) is 8.31. The second-order valence-corrected chi connectivity index (χ2v) is 8.57. The van der Waals surface area contributed by atoms with E-state index in [1.165, 1.54) is 0 Å². The standard InChI is InChI=1S/C19H17BF3NO5S/c20-12-7-11(19(21,22)23)8-13(9-12)30(27,28)24-16-5-1-4-15-14(16)3-2-6-17(15)29-10-18(25)26/h2-3,6-9,16,24H,1,4-5,10H2,(H,25,26)/t16-/m1/s1. The molecule has 2 aromatic carbocycles. The van der Waals surface area contributed by atoms with Crippen LogP contribution < -0.4 is 14.9 Å². The molecule has 0 saturated heterocycles. The fourth-order valence-electron chi connectivity index (χ4n) is 3.41. The van der Waals surface area contributed by atoms with Crippen LogP contribution in [0.4, 0.5) is 13.2 Å². The van der Waals surface area contributed by atoms with Gasteiger partial charge < -0.3 is 9.84 Å². The van der Waals surface area contributed by atoms with Crippen molar-refractivity contribution in [1.29, 1.82) is 0 Å². The third-order valence-electron chi connectivity index (χ3n) is 4.68. The van der Waals surface area contributed by atoms with Gasteiger partial charge in [0.15, 0.2) is 6.61 Å². The highest BCUT2D eigenvalue weighted by atomic mass is 32.2. The number of benzene rings is 2. The zero-order chi connectivity index (χ0) is 22.1. The number of rotatable bonds is 6. The number of ether oxygens (including phenoxy) is 1. The number of carboxylic acids is 1. The molecule has 1 atom stereocenters. The number of hydrogen-bond donors (Lipinski definition) is 2. The van der Waals surface area contributed by atoms with Crippen molar-refractivity contribution in [1.82, 2.24) is 4.72 Å². The van der Waals surface area contributed by atoms with Crippen LogP contribution in [0.25, 0.3) is 0 Å². The van der Waals surface area contributed by atoms with Crippen LogP contribution in [0.1, 0.15) is 35.6 Å². The minimum absolute atomic E-state index is 0.321. The topological polar surface area (TPSA) is 92.7 Å². The number of carbonyl (C=O) groups is 1. The number of hydrogen-bond acceptors (Lipinski definition) is 4. The Labute approximate surface area is 172 Å². The first kappa shape index (κ1) is 22.2. The number of alkyl halides is 3. The minimum atomic E-state index is -4.74. The number of carboxylic acid groups (broad SMARTS) is 1. The van der Waals surface area contributed by atoms with Crippen LogP contribution in [0.15, 0.2) is 41.3 Å². The summed E-state index contributed by atoms with van der Waals surface area (Å²) < 4.78 is 72.4. The fourth-order valence-corrected chi connectivity index (χ4v) is 4.74. The molecular formula is C19H17BF3NO5S. The monoisotopic (exact) mass is 439 g/mol. The first-order valence-electron chi connectivity index (χ1n) is 8.94. The predicted molar refractivity (Wildman–Crippen MR) is 102 cm³/mol. The van der Waals surface area contributed by atoms with Crippen LogP contribution in [0.5, 0.6) is 5.75 Å². The van der Waals surface area contributed by atoms with Crippen LogP contribution in [0.3, 0.4) is 0 Å². The van der Waals surface area contributed by atoms with E-state index >= 15 is 0 Å². The Morgan fingerprint density at radius 2 is 2.00 bits per heavy atom. The van der Waals surface area contributed by atoms with Gasteiger partial charge >= 0.3 is 12.1 Å². The highest BCUT2D eigenvalue weighted by Gasteiger charge is 2.33. The highest BCUT2D eigenvalue weighted by molar-refractivity contribution is 7.89. The normalized spacial score (nSPS) is 16.7. The Hall–Kier alpha value is -2.53. The van der Waals surface area contributed by atoms with Gasteiger partial charge in [0.2, 0.25) is 10.0 Å². The van der Waals surface area contributed by atoms with Crippen LogP contribution in [-0.2, 0) is 27.4 Å². The second-order valence-electron chi connectivity index (χ2n) is 6.86. The maximum Gasteiger partial charge on any atom is 0.416 e. The molecule has 3 rings (SSSR count). The summed E-state index contributed by atoms with van der Waals surface area (Å²) >= 11 is 0. The molecule has 1 aliphatic carbocycles. The number of sulfonamides is 1. The van der Waals surface area contributed by atoms with Gasteiger partial charge in [-0.3, -0.25) is 0 Å². The number of halogens is 3. The molecule has 0 aliphatic heterocycles. The summed E-state index contributed by atoms with van der Waals surface area (Å²) in [5, 5.41) is 8.80. The molecule has 0 aromatic heterocycles. The molecule has 158 valence electrons. The van der Waals surface area contributed by atoms with Crippen LogP contribution in [0.2, 0.25) is 0 Å². The Kier molecular flexibility index (Phi) is 6.14. The maximum absolute atomic E-state index is 13.0. The van der Waals surface area contributed by atoms with E-state index in [1.54, 1.807) is 18.2 Å². The Morgan fingerprint density at radius 3 is 2.67 bits per heavy atom. The molecule has 0 fully saturated rings. The molecule has 11 heteroatoms. The summed E-state index contributed by atoms with van der Waals surface area (Å²) in [6.45, 7) is -0.545. The van der Waals surface area contributed by atoms with E-state index in [4.69, 9.17) is 17.7 Å². The van der Waals surface area contributed by atoms with E-state index in [2.05, 4.69) is 4.72 Å².